The molecule has 0 fully saturated rings. The van der Waals surface area contributed by atoms with Gasteiger partial charge in [-0.25, -0.2) is 0 Å². The summed E-state index contributed by atoms with van der Waals surface area (Å²) in [6.45, 7) is 0. The smallest absolute Gasteiger partial charge is 0.0434 e. The van der Waals surface area contributed by atoms with Crippen molar-refractivity contribution in [3.05, 3.63) is 218 Å². The fourth-order valence-electron chi connectivity index (χ4n) is 9.61. The van der Waals surface area contributed by atoms with Crippen molar-refractivity contribution >= 4 is 94.5 Å². The van der Waals surface area contributed by atoms with E-state index in [1.165, 1.54) is 127 Å². The van der Waals surface area contributed by atoms with E-state index in [1.807, 2.05) is 34.0 Å². The summed E-state index contributed by atoms with van der Waals surface area (Å²) in [5.41, 5.74) is 14.9. The molecule has 3 heteroatoms. The van der Waals surface area contributed by atoms with Crippen LogP contribution >= 0.6 is 34.0 Å². The van der Waals surface area contributed by atoms with Crippen molar-refractivity contribution < 1.29 is 0 Å². The highest BCUT2D eigenvalue weighted by Gasteiger charge is 2.19. The molecule has 0 amide bonds. The molecule has 0 unspecified atom stereocenters. The fraction of sp³-hybridized carbons (Fsp3) is 0. The lowest BCUT2D eigenvalue weighted by Gasteiger charge is -2.11. The molecule has 0 spiro atoms. The maximum absolute atomic E-state index is 2.43. The van der Waals surface area contributed by atoms with Gasteiger partial charge in [-0.1, -0.05) is 182 Å². The highest BCUT2D eigenvalue weighted by Crippen LogP contribution is 2.49. The monoisotopic (exact) mass is 852 g/mol. The first-order valence-corrected chi connectivity index (χ1v) is 23.8. The molecule has 0 aliphatic heterocycles. The van der Waals surface area contributed by atoms with Crippen LogP contribution in [0, 0.1) is 0 Å². The Morgan fingerprint density at radius 2 is 0.540 bits per heavy atom. The van der Waals surface area contributed by atoms with Gasteiger partial charge in [0.15, 0.2) is 0 Å². The van der Waals surface area contributed by atoms with Crippen LogP contribution in [0.1, 0.15) is 0 Å². The maximum atomic E-state index is 2.43. The first-order valence-electron chi connectivity index (χ1n) is 21.4. The van der Waals surface area contributed by atoms with Crippen LogP contribution in [0.25, 0.3) is 127 Å². The Kier molecular flexibility index (Phi) is 8.55. The standard InChI is InChI=1S/C60H36S3/c1-3-13-37(14-4-1)43-33-51(41-29-25-39(26-30-41)45-19-11-21-49-47-17-7-9-23-55(47)61-57(45)49)59-53(35-43)54-36-44(38-15-5-2-6-16-38)34-52(60(54)63-59)42-31-27-40(28-32-42)46-20-12-22-50-48-18-8-10-24-56(48)62-58(46)50/h1-36H. The van der Waals surface area contributed by atoms with Crippen LogP contribution in [0.15, 0.2) is 218 Å². The number of fused-ring (bicyclic) bond motifs is 9. The van der Waals surface area contributed by atoms with Gasteiger partial charge in [-0.05, 0) is 92.0 Å². The fourth-order valence-corrected chi connectivity index (χ4v) is 13.4. The minimum absolute atomic E-state index is 1.22. The second-order valence-electron chi connectivity index (χ2n) is 16.4. The van der Waals surface area contributed by atoms with Gasteiger partial charge in [-0.2, -0.15) is 0 Å². The molecule has 63 heavy (non-hydrogen) atoms. The summed E-state index contributed by atoms with van der Waals surface area (Å²) in [5.74, 6) is 0. The lowest BCUT2D eigenvalue weighted by Crippen LogP contribution is -1.85. The quantitative estimate of drug-likeness (QED) is 0.156. The highest BCUT2D eigenvalue weighted by molar-refractivity contribution is 7.27. The van der Waals surface area contributed by atoms with E-state index in [2.05, 4.69) is 218 Å². The normalized spacial score (nSPS) is 11.8. The average molecular weight is 853 g/mol. The Bertz CT molecular complexity index is 3610. The van der Waals surface area contributed by atoms with Crippen LogP contribution in [0.3, 0.4) is 0 Å². The van der Waals surface area contributed by atoms with Crippen molar-refractivity contribution in [2.45, 2.75) is 0 Å². The van der Waals surface area contributed by atoms with Gasteiger partial charge in [0.1, 0.15) is 0 Å². The van der Waals surface area contributed by atoms with Gasteiger partial charge < -0.3 is 0 Å². The number of thiophene rings is 3. The molecule has 294 valence electrons. The van der Waals surface area contributed by atoms with Gasteiger partial charge in [0.05, 0.1) is 0 Å². The first kappa shape index (κ1) is 36.5. The van der Waals surface area contributed by atoms with Gasteiger partial charge in [-0.3, -0.25) is 0 Å². The molecular formula is C60H36S3. The first-order chi connectivity index (χ1) is 31.2. The zero-order chi connectivity index (χ0) is 41.4. The van der Waals surface area contributed by atoms with Crippen LogP contribution in [-0.2, 0) is 0 Å². The van der Waals surface area contributed by atoms with Crippen molar-refractivity contribution in [3.63, 3.8) is 0 Å². The third-order valence-electron chi connectivity index (χ3n) is 12.7. The van der Waals surface area contributed by atoms with Crippen molar-refractivity contribution in [3.8, 4) is 66.8 Å². The van der Waals surface area contributed by atoms with Gasteiger partial charge in [-0.15, -0.1) is 34.0 Å². The molecule has 13 rings (SSSR count). The molecule has 0 aliphatic rings. The molecular weight excluding hydrogens is 817 g/mol. The largest absolute Gasteiger partial charge is 0.135 e. The predicted molar refractivity (Wildman–Crippen MR) is 278 cm³/mol. The number of hydrogen-bond acceptors (Lipinski definition) is 3. The van der Waals surface area contributed by atoms with E-state index in [0.29, 0.717) is 0 Å². The van der Waals surface area contributed by atoms with E-state index in [4.69, 9.17) is 0 Å². The van der Waals surface area contributed by atoms with Crippen LogP contribution in [0.5, 0.6) is 0 Å². The lowest BCUT2D eigenvalue weighted by atomic mass is 9.92. The van der Waals surface area contributed by atoms with Crippen LogP contribution in [0.2, 0.25) is 0 Å². The summed E-state index contributed by atoms with van der Waals surface area (Å²) in [6, 6.07) is 81.0. The van der Waals surface area contributed by atoms with Crippen molar-refractivity contribution in [2.24, 2.45) is 0 Å². The van der Waals surface area contributed by atoms with Gasteiger partial charge in [0.2, 0.25) is 0 Å². The van der Waals surface area contributed by atoms with E-state index in [0.717, 1.165) is 0 Å². The Labute approximate surface area is 377 Å². The second kappa shape index (κ2) is 14.8. The van der Waals surface area contributed by atoms with E-state index in [-0.39, 0.29) is 0 Å². The highest BCUT2D eigenvalue weighted by atomic mass is 32.1. The van der Waals surface area contributed by atoms with Crippen molar-refractivity contribution in [1.29, 1.82) is 0 Å². The van der Waals surface area contributed by atoms with E-state index < -0.39 is 0 Å². The van der Waals surface area contributed by atoms with E-state index in [9.17, 15) is 0 Å². The molecule has 3 heterocycles. The average Bonchev–Trinajstić information content (AvgIpc) is 4.06. The SMILES string of the molecule is c1ccc(-c2cc(-c3ccc(-c4cccc5c4sc4ccccc45)cc3)c3sc4c(-c5ccc(-c6cccc7c6sc6ccccc67)cc5)cc(-c5ccccc5)cc4c3c2)cc1. The third kappa shape index (κ3) is 6.07. The molecule has 0 radical (unpaired) electrons. The number of benzene rings is 10. The molecule has 0 saturated carbocycles. The Morgan fingerprint density at radius 1 is 0.190 bits per heavy atom. The van der Waals surface area contributed by atoms with Crippen LogP contribution < -0.4 is 0 Å². The Balaban J connectivity index is 0.993. The van der Waals surface area contributed by atoms with Crippen molar-refractivity contribution in [2.75, 3.05) is 0 Å². The third-order valence-corrected chi connectivity index (χ3v) is 16.4. The van der Waals surface area contributed by atoms with Crippen molar-refractivity contribution in [1.82, 2.24) is 0 Å². The molecule has 0 aliphatic carbocycles. The van der Waals surface area contributed by atoms with E-state index >= 15 is 0 Å². The summed E-state index contributed by atoms with van der Waals surface area (Å²) in [5, 5.41) is 7.89. The summed E-state index contributed by atoms with van der Waals surface area (Å²) in [4.78, 5) is 0. The predicted octanol–water partition coefficient (Wildman–Crippen LogP) is 18.8. The summed E-state index contributed by atoms with van der Waals surface area (Å²) >= 11 is 5.70. The second-order valence-corrected chi connectivity index (χ2v) is 19.5. The zero-order valence-corrected chi connectivity index (χ0v) is 36.5. The van der Waals surface area contributed by atoms with Gasteiger partial charge in [0.25, 0.3) is 0 Å². The molecule has 0 N–H and O–H groups in total. The Morgan fingerprint density at radius 3 is 0.968 bits per heavy atom. The number of rotatable bonds is 6. The molecule has 0 atom stereocenters. The number of hydrogen-bond donors (Lipinski definition) is 0. The lowest BCUT2D eigenvalue weighted by molar-refractivity contribution is 1.62. The van der Waals surface area contributed by atoms with Gasteiger partial charge in [0, 0.05) is 71.6 Å². The minimum atomic E-state index is 1.22. The molecule has 0 saturated heterocycles. The molecule has 3 aromatic heterocycles. The molecule has 0 bridgehead atoms. The molecule has 10 aromatic carbocycles. The zero-order valence-electron chi connectivity index (χ0n) is 34.0. The van der Waals surface area contributed by atoms with Crippen LogP contribution in [-0.4, -0.2) is 0 Å². The summed E-state index contributed by atoms with van der Waals surface area (Å²) in [6.07, 6.45) is 0. The summed E-state index contributed by atoms with van der Waals surface area (Å²) < 4.78 is 7.97. The van der Waals surface area contributed by atoms with Gasteiger partial charge >= 0.3 is 0 Å². The summed E-state index contributed by atoms with van der Waals surface area (Å²) in [7, 11) is 0. The maximum Gasteiger partial charge on any atom is 0.0434 e. The molecule has 13 aromatic rings. The minimum Gasteiger partial charge on any atom is -0.135 e. The Hall–Kier alpha value is -7.14. The van der Waals surface area contributed by atoms with Crippen LogP contribution in [0.4, 0.5) is 0 Å². The topological polar surface area (TPSA) is 0 Å². The molecule has 0 nitrogen and oxygen atoms in total. The van der Waals surface area contributed by atoms with E-state index in [1.54, 1.807) is 0 Å².